The van der Waals surface area contributed by atoms with Crippen LogP contribution in [0, 0.1) is 20.8 Å². The van der Waals surface area contributed by atoms with E-state index in [1.807, 2.05) is 45.0 Å². The molecule has 0 saturated carbocycles. The molecular formula is C24H27N3O4. The van der Waals surface area contributed by atoms with E-state index in [9.17, 15) is 9.59 Å². The van der Waals surface area contributed by atoms with Gasteiger partial charge in [-0.2, -0.15) is 5.10 Å². The van der Waals surface area contributed by atoms with E-state index in [1.54, 1.807) is 36.0 Å². The van der Waals surface area contributed by atoms with Gasteiger partial charge in [0.05, 0.1) is 22.6 Å². The number of aromatic nitrogens is 2. The van der Waals surface area contributed by atoms with E-state index in [0.29, 0.717) is 29.3 Å². The van der Waals surface area contributed by atoms with Crippen molar-refractivity contribution in [2.75, 3.05) is 5.32 Å². The van der Waals surface area contributed by atoms with Gasteiger partial charge in [-0.25, -0.2) is 4.79 Å². The third-order valence-electron chi connectivity index (χ3n) is 4.97. The number of carbonyl (C=O) groups excluding carboxylic acids is 2. The van der Waals surface area contributed by atoms with Crippen LogP contribution in [0.15, 0.2) is 48.5 Å². The summed E-state index contributed by atoms with van der Waals surface area (Å²) >= 11 is 0. The molecule has 7 heteroatoms. The third-order valence-corrected chi connectivity index (χ3v) is 4.97. The molecule has 1 N–H and O–H groups in total. The third kappa shape index (κ3) is 5.51. The van der Waals surface area contributed by atoms with Crippen LogP contribution < -0.4 is 10.1 Å². The van der Waals surface area contributed by atoms with Crippen LogP contribution in [-0.2, 0) is 23.2 Å². The zero-order valence-electron chi connectivity index (χ0n) is 18.4. The smallest absolute Gasteiger partial charge is 0.339 e. The van der Waals surface area contributed by atoms with Crippen molar-refractivity contribution in [2.45, 2.75) is 40.4 Å². The summed E-state index contributed by atoms with van der Waals surface area (Å²) in [4.78, 5) is 25.0. The molecule has 0 aliphatic heterocycles. The predicted molar refractivity (Wildman–Crippen MR) is 118 cm³/mol. The summed E-state index contributed by atoms with van der Waals surface area (Å²) in [5, 5.41) is 7.05. The Hall–Kier alpha value is -3.61. The summed E-state index contributed by atoms with van der Waals surface area (Å²) in [5.41, 5.74) is 4.66. The molecule has 7 nitrogen and oxygen atoms in total. The van der Waals surface area contributed by atoms with Crippen LogP contribution in [0.1, 0.15) is 39.8 Å². The Bertz CT molecular complexity index is 1100. The number of esters is 1. The van der Waals surface area contributed by atoms with Crippen molar-refractivity contribution >= 4 is 17.6 Å². The van der Waals surface area contributed by atoms with Crippen LogP contribution in [0.2, 0.25) is 0 Å². The number of aryl methyl sites for hydroxylation is 3. The molecule has 3 aromatic rings. The Morgan fingerprint density at radius 3 is 2.52 bits per heavy atom. The summed E-state index contributed by atoms with van der Waals surface area (Å²) in [6, 6.07) is 14.8. The number of hydrogen-bond donors (Lipinski definition) is 1. The van der Waals surface area contributed by atoms with Crippen LogP contribution in [0.5, 0.6) is 5.75 Å². The maximum Gasteiger partial charge on any atom is 0.339 e. The molecule has 0 radical (unpaired) electrons. The Kier molecular flexibility index (Phi) is 6.74. The van der Waals surface area contributed by atoms with E-state index in [0.717, 1.165) is 16.8 Å². The van der Waals surface area contributed by atoms with Gasteiger partial charge in [0.25, 0.3) is 5.91 Å². The van der Waals surface area contributed by atoms with Crippen molar-refractivity contribution in [1.29, 1.82) is 0 Å². The second-order valence-electron chi connectivity index (χ2n) is 7.51. The zero-order valence-corrected chi connectivity index (χ0v) is 18.4. The van der Waals surface area contributed by atoms with E-state index in [1.165, 1.54) is 6.92 Å². The summed E-state index contributed by atoms with van der Waals surface area (Å²) in [6.07, 6.45) is -0.969. The number of amides is 1. The van der Waals surface area contributed by atoms with E-state index < -0.39 is 18.0 Å². The zero-order chi connectivity index (χ0) is 22.5. The van der Waals surface area contributed by atoms with Crippen molar-refractivity contribution in [3.05, 3.63) is 76.6 Å². The minimum Gasteiger partial charge on any atom is -0.489 e. The van der Waals surface area contributed by atoms with Crippen molar-refractivity contribution in [1.82, 2.24) is 9.78 Å². The number of benzene rings is 2. The molecule has 1 heterocycles. The van der Waals surface area contributed by atoms with Gasteiger partial charge >= 0.3 is 5.97 Å². The maximum absolute atomic E-state index is 12.5. The van der Waals surface area contributed by atoms with Gasteiger partial charge < -0.3 is 14.8 Å². The van der Waals surface area contributed by atoms with Crippen LogP contribution >= 0.6 is 0 Å². The molecule has 0 fully saturated rings. The monoisotopic (exact) mass is 421 g/mol. The molecule has 1 aromatic heterocycles. The number of nitrogens with zero attached hydrogens (tertiary/aromatic N) is 2. The minimum absolute atomic E-state index is 0.315. The molecular weight excluding hydrogens is 394 g/mol. The molecule has 1 amide bonds. The van der Waals surface area contributed by atoms with Crippen LogP contribution in [0.3, 0.4) is 0 Å². The Morgan fingerprint density at radius 2 is 1.84 bits per heavy atom. The van der Waals surface area contributed by atoms with Gasteiger partial charge in [-0.05, 0) is 51.5 Å². The summed E-state index contributed by atoms with van der Waals surface area (Å²) < 4.78 is 12.8. The summed E-state index contributed by atoms with van der Waals surface area (Å²) in [5.74, 6) is -0.461. The molecule has 1 atom stereocenters. The summed E-state index contributed by atoms with van der Waals surface area (Å²) in [6.45, 7) is 7.61. The Balaban J connectivity index is 1.60. The molecule has 0 spiro atoms. The first kappa shape index (κ1) is 22.1. The highest BCUT2D eigenvalue weighted by Crippen LogP contribution is 2.20. The van der Waals surface area contributed by atoms with Gasteiger partial charge in [0, 0.05) is 7.05 Å². The predicted octanol–water partition coefficient (Wildman–Crippen LogP) is 4.11. The van der Waals surface area contributed by atoms with Gasteiger partial charge in [-0.15, -0.1) is 0 Å². The van der Waals surface area contributed by atoms with Crippen molar-refractivity contribution < 1.29 is 19.1 Å². The van der Waals surface area contributed by atoms with Gasteiger partial charge in [-0.3, -0.25) is 9.48 Å². The fourth-order valence-electron chi connectivity index (χ4n) is 3.14. The number of rotatable bonds is 7. The largest absolute Gasteiger partial charge is 0.489 e. The topological polar surface area (TPSA) is 82.4 Å². The second kappa shape index (κ2) is 9.47. The van der Waals surface area contributed by atoms with Crippen molar-refractivity contribution in [3.63, 3.8) is 0 Å². The van der Waals surface area contributed by atoms with Crippen molar-refractivity contribution in [2.24, 2.45) is 7.05 Å². The molecule has 162 valence electrons. The molecule has 2 aromatic carbocycles. The average molecular weight is 421 g/mol. The molecule has 0 aliphatic rings. The van der Waals surface area contributed by atoms with E-state index in [4.69, 9.17) is 9.47 Å². The molecule has 1 unspecified atom stereocenters. The quantitative estimate of drug-likeness (QED) is 0.581. The van der Waals surface area contributed by atoms with Gasteiger partial charge in [0.2, 0.25) is 0 Å². The Labute approximate surface area is 182 Å². The average Bonchev–Trinajstić information content (AvgIpc) is 2.98. The van der Waals surface area contributed by atoms with Gasteiger partial charge in [0.15, 0.2) is 6.10 Å². The van der Waals surface area contributed by atoms with E-state index in [2.05, 4.69) is 10.4 Å². The number of hydrogen-bond acceptors (Lipinski definition) is 5. The molecule has 0 saturated heterocycles. The first-order chi connectivity index (χ1) is 14.7. The highest BCUT2D eigenvalue weighted by atomic mass is 16.5. The SMILES string of the molecule is Cc1cccc(COc2cccc(C(=O)OC(C)C(=O)Nc3c(C)nn(C)c3C)c2)c1. The lowest BCUT2D eigenvalue weighted by molar-refractivity contribution is -0.123. The highest BCUT2D eigenvalue weighted by molar-refractivity contribution is 5.98. The lowest BCUT2D eigenvalue weighted by atomic mass is 10.1. The van der Waals surface area contributed by atoms with Gasteiger partial charge in [-0.1, -0.05) is 35.9 Å². The highest BCUT2D eigenvalue weighted by Gasteiger charge is 2.21. The lowest BCUT2D eigenvalue weighted by Gasteiger charge is -2.14. The number of anilines is 1. The van der Waals surface area contributed by atoms with Crippen LogP contribution in [0.25, 0.3) is 0 Å². The number of nitrogens with one attached hydrogen (secondary N) is 1. The van der Waals surface area contributed by atoms with Crippen LogP contribution in [0.4, 0.5) is 5.69 Å². The van der Waals surface area contributed by atoms with Crippen LogP contribution in [-0.4, -0.2) is 27.8 Å². The lowest BCUT2D eigenvalue weighted by Crippen LogP contribution is -2.30. The number of carbonyl (C=O) groups is 2. The standard InChI is InChI=1S/C24H27N3O4/c1-15-8-6-9-19(12-15)14-30-21-11-7-10-20(13-21)24(29)31-18(4)23(28)25-22-16(2)26-27(5)17(22)3/h6-13,18H,14H2,1-5H3,(H,25,28). The number of ether oxygens (including phenoxy) is 2. The second-order valence-corrected chi connectivity index (χ2v) is 7.51. The normalized spacial score (nSPS) is 11.6. The Morgan fingerprint density at radius 1 is 1.10 bits per heavy atom. The molecule has 31 heavy (non-hydrogen) atoms. The van der Waals surface area contributed by atoms with E-state index >= 15 is 0 Å². The fraction of sp³-hybridized carbons (Fsp3) is 0.292. The molecule has 3 rings (SSSR count). The van der Waals surface area contributed by atoms with E-state index in [-0.39, 0.29) is 0 Å². The molecule has 0 aliphatic carbocycles. The summed E-state index contributed by atoms with van der Waals surface area (Å²) in [7, 11) is 1.80. The van der Waals surface area contributed by atoms with Crippen molar-refractivity contribution in [3.8, 4) is 5.75 Å². The van der Waals surface area contributed by atoms with Gasteiger partial charge in [0.1, 0.15) is 12.4 Å². The maximum atomic E-state index is 12.5. The first-order valence-corrected chi connectivity index (χ1v) is 10.0. The first-order valence-electron chi connectivity index (χ1n) is 10.0. The minimum atomic E-state index is -0.969. The fourth-order valence-corrected chi connectivity index (χ4v) is 3.14. The molecule has 0 bridgehead atoms.